The zero-order valence-corrected chi connectivity index (χ0v) is 13.4. The van der Waals surface area contributed by atoms with Gasteiger partial charge in [0, 0.05) is 29.6 Å². The van der Waals surface area contributed by atoms with Crippen LogP contribution in [0, 0.1) is 6.92 Å². The second kappa shape index (κ2) is 6.05. The molecule has 2 N–H and O–H groups in total. The molecule has 1 unspecified atom stereocenters. The van der Waals surface area contributed by atoms with Gasteiger partial charge in [0.2, 0.25) is 0 Å². The first kappa shape index (κ1) is 15.0. The van der Waals surface area contributed by atoms with E-state index < -0.39 is 0 Å². The molecule has 1 fully saturated rings. The average Bonchev–Trinajstić information content (AvgIpc) is 3.36. The molecule has 0 saturated heterocycles. The minimum Gasteiger partial charge on any atom is -0.350 e. The van der Waals surface area contributed by atoms with Gasteiger partial charge in [-0.1, -0.05) is 11.6 Å². The van der Waals surface area contributed by atoms with Gasteiger partial charge in [-0.15, -0.1) is 0 Å². The summed E-state index contributed by atoms with van der Waals surface area (Å²) in [6, 6.07) is 8.36. The van der Waals surface area contributed by atoms with Crippen molar-refractivity contribution in [3.8, 4) is 0 Å². The van der Waals surface area contributed by atoms with Crippen LogP contribution >= 0.6 is 0 Å². The quantitative estimate of drug-likeness (QED) is 0.892. The molecule has 1 aromatic heterocycles. The second-order valence-electron chi connectivity index (χ2n) is 6.29. The van der Waals surface area contributed by atoms with Gasteiger partial charge in [0.15, 0.2) is 0 Å². The lowest BCUT2D eigenvalue weighted by Crippen LogP contribution is -2.37. The van der Waals surface area contributed by atoms with Crippen molar-refractivity contribution < 1.29 is 4.79 Å². The molecule has 1 aliphatic carbocycles. The molecule has 0 bridgehead atoms. The molecular formula is C18H23N3O. The van der Waals surface area contributed by atoms with Gasteiger partial charge in [-0.05, 0) is 51.9 Å². The van der Waals surface area contributed by atoms with E-state index in [0.29, 0.717) is 12.5 Å². The molecular weight excluding hydrogens is 274 g/mol. The highest BCUT2D eigenvalue weighted by molar-refractivity contribution is 6.06. The van der Waals surface area contributed by atoms with Crippen molar-refractivity contribution in [3.05, 3.63) is 41.1 Å². The molecule has 0 spiro atoms. The third-order valence-corrected chi connectivity index (χ3v) is 4.29. The maximum Gasteiger partial charge on any atom is 0.252 e. The molecule has 3 rings (SSSR count). The van der Waals surface area contributed by atoms with Crippen molar-refractivity contribution in [2.24, 2.45) is 0 Å². The fraction of sp³-hybridized carbons (Fsp3) is 0.444. The molecule has 1 aliphatic rings. The Morgan fingerprint density at radius 2 is 2.14 bits per heavy atom. The summed E-state index contributed by atoms with van der Waals surface area (Å²) < 4.78 is 0. The number of nitrogens with one attached hydrogen (secondary N) is 2. The highest BCUT2D eigenvalue weighted by Gasteiger charge is 2.27. The molecule has 4 heteroatoms. The van der Waals surface area contributed by atoms with E-state index >= 15 is 0 Å². The van der Waals surface area contributed by atoms with Crippen LogP contribution in [0.2, 0.25) is 0 Å². The lowest BCUT2D eigenvalue weighted by Gasteiger charge is -2.13. The van der Waals surface area contributed by atoms with Crippen LogP contribution in [0.5, 0.6) is 0 Å². The maximum atomic E-state index is 12.6. The maximum absolute atomic E-state index is 12.6. The number of pyridine rings is 1. The van der Waals surface area contributed by atoms with Crippen LogP contribution in [-0.4, -0.2) is 30.5 Å². The summed E-state index contributed by atoms with van der Waals surface area (Å²) in [5, 5.41) is 7.09. The van der Waals surface area contributed by atoms with Crippen molar-refractivity contribution in [2.75, 3.05) is 13.6 Å². The van der Waals surface area contributed by atoms with Crippen molar-refractivity contribution >= 4 is 16.8 Å². The van der Waals surface area contributed by atoms with E-state index in [2.05, 4.69) is 22.8 Å². The smallest absolute Gasteiger partial charge is 0.252 e. The fourth-order valence-corrected chi connectivity index (χ4v) is 2.58. The largest absolute Gasteiger partial charge is 0.350 e. The molecule has 116 valence electrons. The number of benzene rings is 1. The average molecular weight is 297 g/mol. The van der Waals surface area contributed by atoms with Crippen LogP contribution in [0.1, 0.15) is 47.3 Å². The van der Waals surface area contributed by atoms with Crippen LogP contribution < -0.4 is 10.6 Å². The fourth-order valence-electron chi connectivity index (χ4n) is 2.58. The zero-order valence-electron chi connectivity index (χ0n) is 13.4. The summed E-state index contributed by atoms with van der Waals surface area (Å²) >= 11 is 0. The normalized spacial score (nSPS) is 15.8. The molecule has 22 heavy (non-hydrogen) atoms. The second-order valence-corrected chi connectivity index (χ2v) is 6.29. The Kier molecular flexibility index (Phi) is 4.12. The monoisotopic (exact) mass is 297 g/mol. The number of aromatic nitrogens is 1. The van der Waals surface area contributed by atoms with Gasteiger partial charge < -0.3 is 10.6 Å². The number of rotatable bonds is 5. The van der Waals surface area contributed by atoms with E-state index in [0.717, 1.165) is 27.7 Å². The Hall–Kier alpha value is -1.94. The number of fused-ring (bicyclic) bond motifs is 1. The van der Waals surface area contributed by atoms with Gasteiger partial charge in [-0.3, -0.25) is 9.78 Å². The lowest BCUT2D eigenvalue weighted by atomic mass is 10.0. The Labute approximate surface area is 131 Å². The third-order valence-electron chi connectivity index (χ3n) is 4.29. The third kappa shape index (κ3) is 3.12. The minimum absolute atomic E-state index is 0.0120. The summed E-state index contributed by atoms with van der Waals surface area (Å²) in [4.78, 5) is 17.4. The molecule has 1 amide bonds. The number of amides is 1. The molecule has 1 aromatic carbocycles. The molecule has 1 atom stereocenters. The molecule has 2 aromatic rings. The predicted octanol–water partition coefficient (Wildman–Crippen LogP) is 2.76. The summed E-state index contributed by atoms with van der Waals surface area (Å²) in [7, 11) is 1.90. The lowest BCUT2D eigenvalue weighted by molar-refractivity contribution is 0.0952. The van der Waals surface area contributed by atoms with E-state index in [1.165, 1.54) is 12.8 Å². The summed E-state index contributed by atoms with van der Waals surface area (Å²) in [6.07, 6.45) is 2.37. The van der Waals surface area contributed by atoms with E-state index in [1.54, 1.807) is 0 Å². The van der Waals surface area contributed by atoms with Gasteiger partial charge in [-0.2, -0.15) is 0 Å². The topological polar surface area (TPSA) is 54.0 Å². The van der Waals surface area contributed by atoms with Crippen molar-refractivity contribution in [2.45, 2.75) is 38.6 Å². The van der Waals surface area contributed by atoms with Crippen LogP contribution in [0.3, 0.4) is 0 Å². The number of carbonyl (C=O) groups is 1. The molecule has 0 radical (unpaired) electrons. The zero-order chi connectivity index (χ0) is 15.7. The minimum atomic E-state index is -0.0120. The first-order chi connectivity index (χ1) is 10.6. The highest BCUT2D eigenvalue weighted by atomic mass is 16.1. The van der Waals surface area contributed by atoms with Crippen molar-refractivity contribution in [3.63, 3.8) is 0 Å². The van der Waals surface area contributed by atoms with Crippen LogP contribution in [-0.2, 0) is 0 Å². The van der Waals surface area contributed by atoms with E-state index in [4.69, 9.17) is 4.98 Å². The number of carbonyl (C=O) groups excluding carboxylic acids is 1. The number of hydrogen-bond acceptors (Lipinski definition) is 3. The van der Waals surface area contributed by atoms with Crippen molar-refractivity contribution in [1.29, 1.82) is 0 Å². The Morgan fingerprint density at radius 3 is 2.82 bits per heavy atom. The number of aryl methyl sites for hydroxylation is 1. The SMILES string of the molecule is CNC(C)CNC(=O)c1cc(C2CC2)nc2ccc(C)cc12. The first-order valence-corrected chi connectivity index (χ1v) is 7.95. The first-order valence-electron chi connectivity index (χ1n) is 7.95. The summed E-state index contributed by atoms with van der Waals surface area (Å²) in [6.45, 7) is 4.70. The summed E-state index contributed by atoms with van der Waals surface area (Å²) in [5.74, 6) is 0.524. The number of likely N-dealkylation sites (N-methyl/N-ethyl adjacent to an activating group) is 1. The Balaban J connectivity index is 1.98. The van der Waals surface area contributed by atoms with E-state index in [9.17, 15) is 4.79 Å². The van der Waals surface area contributed by atoms with Crippen LogP contribution in [0.15, 0.2) is 24.3 Å². The summed E-state index contributed by atoms with van der Waals surface area (Å²) in [5.41, 5.74) is 3.87. The number of nitrogens with zero attached hydrogens (tertiary/aromatic N) is 1. The van der Waals surface area contributed by atoms with Gasteiger partial charge >= 0.3 is 0 Å². The molecule has 1 saturated carbocycles. The molecule has 4 nitrogen and oxygen atoms in total. The van der Waals surface area contributed by atoms with Gasteiger partial charge in [0.1, 0.15) is 0 Å². The number of hydrogen-bond donors (Lipinski definition) is 2. The van der Waals surface area contributed by atoms with Gasteiger partial charge in [-0.25, -0.2) is 0 Å². The van der Waals surface area contributed by atoms with Gasteiger partial charge in [0.25, 0.3) is 5.91 Å². The van der Waals surface area contributed by atoms with E-state index in [1.807, 2.05) is 33.0 Å². The predicted molar refractivity (Wildman–Crippen MR) is 89.3 cm³/mol. The highest BCUT2D eigenvalue weighted by Crippen LogP contribution is 2.40. The van der Waals surface area contributed by atoms with Gasteiger partial charge in [0.05, 0.1) is 11.1 Å². The molecule has 1 heterocycles. The van der Waals surface area contributed by atoms with Crippen LogP contribution in [0.25, 0.3) is 10.9 Å². The Morgan fingerprint density at radius 1 is 1.36 bits per heavy atom. The van der Waals surface area contributed by atoms with E-state index in [-0.39, 0.29) is 11.9 Å². The molecule has 0 aliphatic heterocycles. The standard InChI is InChI=1S/C18H23N3O/c1-11-4-7-16-14(8-11)15(9-17(21-16)13-5-6-13)18(22)20-10-12(2)19-3/h4,7-9,12-13,19H,5-6,10H2,1-3H3,(H,20,22). The van der Waals surface area contributed by atoms with Crippen molar-refractivity contribution in [1.82, 2.24) is 15.6 Å². The Bertz CT molecular complexity index is 707. The van der Waals surface area contributed by atoms with Crippen LogP contribution in [0.4, 0.5) is 0 Å².